The predicted molar refractivity (Wildman–Crippen MR) is 129 cm³/mol. The number of carboxylic acid groups (broad SMARTS) is 1. The first-order valence-electron chi connectivity index (χ1n) is 10.7. The van der Waals surface area contributed by atoms with Crippen LogP contribution in [0.25, 0.3) is 21.8 Å². The molecular formula is C27H22N2O5. The zero-order valence-corrected chi connectivity index (χ0v) is 18.6. The van der Waals surface area contributed by atoms with Gasteiger partial charge in [0, 0.05) is 38.9 Å². The van der Waals surface area contributed by atoms with E-state index >= 15 is 0 Å². The molecule has 0 saturated heterocycles. The monoisotopic (exact) mass is 454 g/mol. The number of ether oxygens (including phenoxy) is 2. The molecule has 7 heteroatoms. The second-order valence-electron chi connectivity index (χ2n) is 7.92. The Morgan fingerprint density at radius 3 is 1.82 bits per heavy atom. The summed E-state index contributed by atoms with van der Waals surface area (Å²) in [4.78, 5) is 31.5. The van der Waals surface area contributed by atoms with Crippen LogP contribution in [0.1, 0.15) is 43.6 Å². The number of hydrogen-bond acceptors (Lipinski definition) is 4. The van der Waals surface area contributed by atoms with Crippen LogP contribution in [-0.2, 0) is 4.74 Å². The summed E-state index contributed by atoms with van der Waals surface area (Å²) in [5.41, 5.74) is 3.85. The molecule has 170 valence electrons. The molecular weight excluding hydrogens is 432 g/mol. The number of H-pyrrole nitrogens is 2. The van der Waals surface area contributed by atoms with Gasteiger partial charge in [0.2, 0.25) is 0 Å². The molecule has 0 aliphatic heterocycles. The Balaban J connectivity index is 1.91. The lowest BCUT2D eigenvalue weighted by molar-refractivity contribution is 0.0593. The van der Waals surface area contributed by atoms with Crippen molar-refractivity contribution < 1.29 is 24.2 Å². The van der Waals surface area contributed by atoms with Crippen molar-refractivity contribution in [2.24, 2.45) is 0 Å². The predicted octanol–water partition coefficient (Wildman–Crippen LogP) is 5.32. The number of methoxy groups -OCH3 is 2. The van der Waals surface area contributed by atoms with E-state index in [4.69, 9.17) is 9.47 Å². The van der Waals surface area contributed by atoms with E-state index in [9.17, 15) is 14.7 Å². The Bertz CT molecular complexity index is 1530. The van der Waals surface area contributed by atoms with Crippen molar-refractivity contribution in [3.05, 3.63) is 101 Å². The van der Waals surface area contributed by atoms with E-state index in [1.165, 1.54) is 7.11 Å². The second kappa shape index (κ2) is 8.44. The average molecular weight is 454 g/mol. The molecule has 7 nitrogen and oxygen atoms in total. The molecule has 0 aliphatic rings. The van der Waals surface area contributed by atoms with Crippen LogP contribution in [0.5, 0.6) is 5.75 Å². The van der Waals surface area contributed by atoms with Gasteiger partial charge < -0.3 is 24.5 Å². The van der Waals surface area contributed by atoms with E-state index in [1.54, 1.807) is 7.11 Å². The average Bonchev–Trinajstić information content (AvgIpc) is 3.44. The number of hydrogen-bond donors (Lipinski definition) is 3. The van der Waals surface area contributed by atoms with Crippen LogP contribution < -0.4 is 4.74 Å². The Morgan fingerprint density at radius 1 is 0.765 bits per heavy atom. The maximum absolute atomic E-state index is 12.9. The molecule has 2 aromatic heterocycles. The van der Waals surface area contributed by atoms with Crippen LogP contribution in [0.2, 0.25) is 0 Å². The molecule has 34 heavy (non-hydrogen) atoms. The molecule has 1 unspecified atom stereocenters. The van der Waals surface area contributed by atoms with Gasteiger partial charge in [-0.1, -0.05) is 48.5 Å². The fourth-order valence-corrected chi connectivity index (χ4v) is 4.63. The largest absolute Gasteiger partial charge is 0.497 e. The zero-order valence-electron chi connectivity index (χ0n) is 18.6. The molecule has 0 spiro atoms. The standard InChI is InChI=1S/C27H22N2O5/c1-33-16-13-11-15(12-14-16)21(22-17-7-3-5-9-19(17)28-24(22)26(30)31)23-18-8-4-6-10-20(18)29-25(23)27(32)34-2/h3-14,21,28-29H,1-2H3,(H,30,31). The number of carbonyl (C=O) groups excluding carboxylic acids is 1. The summed E-state index contributed by atoms with van der Waals surface area (Å²) < 4.78 is 10.4. The first kappa shape index (κ1) is 21.3. The van der Waals surface area contributed by atoms with Gasteiger partial charge in [-0.05, 0) is 29.8 Å². The minimum Gasteiger partial charge on any atom is -0.497 e. The highest BCUT2D eigenvalue weighted by atomic mass is 16.5. The van der Waals surface area contributed by atoms with E-state index < -0.39 is 17.9 Å². The lowest BCUT2D eigenvalue weighted by Crippen LogP contribution is -2.13. The fourth-order valence-electron chi connectivity index (χ4n) is 4.63. The van der Waals surface area contributed by atoms with Crippen LogP contribution in [0.4, 0.5) is 0 Å². The summed E-state index contributed by atoms with van der Waals surface area (Å²) in [7, 11) is 2.91. The van der Waals surface area contributed by atoms with E-state index in [-0.39, 0.29) is 11.4 Å². The van der Waals surface area contributed by atoms with Gasteiger partial charge in [-0.2, -0.15) is 0 Å². The summed E-state index contributed by atoms with van der Waals surface area (Å²) in [6, 6.07) is 22.4. The summed E-state index contributed by atoms with van der Waals surface area (Å²) in [5, 5.41) is 11.7. The van der Waals surface area contributed by atoms with E-state index in [0.717, 1.165) is 21.9 Å². The van der Waals surface area contributed by atoms with Crippen molar-refractivity contribution in [2.75, 3.05) is 14.2 Å². The van der Waals surface area contributed by atoms with Crippen molar-refractivity contribution in [3.8, 4) is 5.75 Å². The molecule has 5 rings (SSSR count). The molecule has 3 aromatic carbocycles. The Hall–Kier alpha value is -4.52. The molecule has 0 bridgehead atoms. The number of para-hydroxylation sites is 2. The molecule has 0 amide bonds. The third-order valence-electron chi connectivity index (χ3n) is 6.12. The van der Waals surface area contributed by atoms with Gasteiger partial charge in [-0.3, -0.25) is 0 Å². The summed E-state index contributed by atoms with van der Waals surface area (Å²) in [5.74, 6) is -1.52. The van der Waals surface area contributed by atoms with Gasteiger partial charge in [-0.25, -0.2) is 9.59 Å². The minimum atomic E-state index is -1.08. The van der Waals surface area contributed by atoms with Gasteiger partial charge in [0.25, 0.3) is 0 Å². The zero-order chi connectivity index (χ0) is 23.8. The highest BCUT2D eigenvalue weighted by molar-refractivity contribution is 6.03. The molecule has 0 fully saturated rings. The summed E-state index contributed by atoms with van der Waals surface area (Å²) >= 11 is 0. The Kier molecular flexibility index (Phi) is 5.30. The van der Waals surface area contributed by atoms with Crippen molar-refractivity contribution >= 4 is 33.7 Å². The Labute approximate surface area is 194 Å². The van der Waals surface area contributed by atoms with Crippen molar-refractivity contribution in [1.29, 1.82) is 0 Å². The fraction of sp³-hybridized carbons (Fsp3) is 0.111. The number of aromatic nitrogens is 2. The lowest BCUT2D eigenvalue weighted by atomic mass is 9.82. The maximum atomic E-state index is 12.9. The number of rotatable bonds is 6. The van der Waals surface area contributed by atoms with Gasteiger partial charge >= 0.3 is 11.9 Å². The molecule has 2 heterocycles. The molecule has 0 radical (unpaired) electrons. The first-order valence-corrected chi connectivity index (χ1v) is 10.7. The van der Waals surface area contributed by atoms with Crippen LogP contribution in [-0.4, -0.2) is 41.2 Å². The van der Waals surface area contributed by atoms with Crippen molar-refractivity contribution in [3.63, 3.8) is 0 Å². The first-order chi connectivity index (χ1) is 16.5. The summed E-state index contributed by atoms with van der Waals surface area (Å²) in [6.07, 6.45) is 0. The maximum Gasteiger partial charge on any atom is 0.354 e. The molecule has 0 saturated carbocycles. The summed E-state index contributed by atoms with van der Waals surface area (Å²) in [6.45, 7) is 0. The smallest absolute Gasteiger partial charge is 0.354 e. The van der Waals surface area contributed by atoms with Gasteiger partial charge in [0.15, 0.2) is 0 Å². The van der Waals surface area contributed by atoms with E-state index in [1.807, 2.05) is 72.8 Å². The lowest BCUT2D eigenvalue weighted by Gasteiger charge is -2.20. The number of aromatic amines is 2. The third kappa shape index (κ3) is 3.38. The highest BCUT2D eigenvalue weighted by Crippen LogP contribution is 2.43. The second-order valence-corrected chi connectivity index (χ2v) is 7.92. The Morgan fingerprint density at radius 2 is 1.29 bits per heavy atom. The molecule has 3 N–H and O–H groups in total. The minimum absolute atomic E-state index is 0.0723. The van der Waals surface area contributed by atoms with Gasteiger partial charge in [-0.15, -0.1) is 0 Å². The SMILES string of the molecule is COC(=O)c1[nH]c2ccccc2c1C(c1ccc(OC)cc1)c1c(C(=O)O)[nH]c2ccccc12. The third-order valence-corrected chi connectivity index (χ3v) is 6.12. The van der Waals surface area contributed by atoms with Crippen LogP contribution in [0.3, 0.4) is 0 Å². The highest BCUT2D eigenvalue weighted by Gasteiger charge is 2.33. The van der Waals surface area contributed by atoms with Crippen molar-refractivity contribution in [2.45, 2.75) is 5.92 Å². The van der Waals surface area contributed by atoms with Crippen molar-refractivity contribution in [1.82, 2.24) is 9.97 Å². The number of benzene rings is 3. The van der Waals surface area contributed by atoms with Crippen LogP contribution in [0.15, 0.2) is 72.8 Å². The van der Waals surface area contributed by atoms with Gasteiger partial charge in [0.1, 0.15) is 17.1 Å². The molecule has 5 aromatic rings. The number of carbonyl (C=O) groups is 2. The van der Waals surface area contributed by atoms with E-state index in [2.05, 4.69) is 9.97 Å². The van der Waals surface area contributed by atoms with Crippen LogP contribution >= 0.6 is 0 Å². The number of esters is 1. The molecule has 0 aliphatic carbocycles. The number of fused-ring (bicyclic) bond motifs is 2. The topological polar surface area (TPSA) is 104 Å². The quantitative estimate of drug-likeness (QED) is 0.301. The number of nitrogens with one attached hydrogen (secondary N) is 2. The van der Waals surface area contributed by atoms with Crippen LogP contribution in [0, 0.1) is 0 Å². The molecule has 1 atom stereocenters. The van der Waals surface area contributed by atoms with Gasteiger partial charge in [0.05, 0.1) is 14.2 Å². The van der Waals surface area contributed by atoms with E-state index in [0.29, 0.717) is 22.4 Å². The number of aromatic carboxylic acids is 1. The normalized spacial score (nSPS) is 12.1. The number of carboxylic acids is 1.